The first kappa shape index (κ1) is 13.9. The minimum Gasteiger partial charge on any atom is -0.481 e. The summed E-state index contributed by atoms with van der Waals surface area (Å²) in [6.45, 7) is 2.76. The normalized spacial score (nSPS) is 40.0. The number of amides is 1. The van der Waals surface area contributed by atoms with Crippen molar-refractivity contribution in [3.63, 3.8) is 0 Å². The van der Waals surface area contributed by atoms with Crippen molar-refractivity contribution in [2.45, 2.75) is 63.6 Å². The third kappa shape index (κ3) is 2.43. The fourth-order valence-electron chi connectivity index (χ4n) is 4.22. The summed E-state index contributed by atoms with van der Waals surface area (Å²) in [4.78, 5) is 25.6. The summed E-state index contributed by atoms with van der Waals surface area (Å²) in [6.07, 6.45) is 4.66. The fourth-order valence-corrected chi connectivity index (χ4v) is 4.22. The first-order chi connectivity index (χ1) is 9.56. The molecule has 112 valence electrons. The first-order valence-electron chi connectivity index (χ1n) is 7.72. The Morgan fingerprint density at radius 2 is 1.85 bits per heavy atom. The monoisotopic (exact) mass is 281 g/mol. The summed E-state index contributed by atoms with van der Waals surface area (Å²) in [5, 5.41) is 8.94. The minimum atomic E-state index is -0.720. The molecule has 3 heterocycles. The molecule has 0 aromatic carbocycles. The molecule has 3 aliphatic rings. The van der Waals surface area contributed by atoms with E-state index >= 15 is 0 Å². The van der Waals surface area contributed by atoms with Crippen LogP contribution in [-0.4, -0.2) is 46.7 Å². The van der Waals surface area contributed by atoms with E-state index in [1.54, 1.807) is 0 Å². The zero-order valence-electron chi connectivity index (χ0n) is 12.0. The summed E-state index contributed by atoms with van der Waals surface area (Å²) in [6, 6.07) is 0.476. The summed E-state index contributed by atoms with van der Waals surface area (Å²) >= 11 is 0. The molecule has 5 heteroatoms. The predicted octanol–water partition coefficient (Wildman–Crippen LogP) is 1.66. The molecule has 3 aliphatic heterocycles. The maximum atomic E-state index is 12.7. The van der Waals surface area contributed by atoms with E-state index in [0.29, 0.717) is 12.5 Å². The van der Waals surface area contributed by atoms with Gasteiger partial charge in [-0.1, -0.05) is 6.92 Å². The molecule has 1 N–H and O–H groups in total. The van der Waals surface area contributed by atoms with E-state index in [1.807, 2.05) is 4.90 Å². The van der Waals surface area contributed by atoms with Gasteiger partial charge >= 0.3 is 5.97 Å². The van der Waals surface area contributed by atoms with Crippen molar-refractivity contribution in [1.29, 1.82) is 0 Å². The number of carbonyl (C=O) groups is 2. The highest BCUT2D eigenvalue weighted by atomic mass is 16.5. The second kappa shape index (κ2) is 5.35. The van der Waals surface area contributed by atoms with Gasteiger partial charge in [0.2, 0.25) is 0 Å². The number of nitrogens with zero attached hydrogens (tertiary/aromatic N) is 1. The zero-order valence-corrected chi connectivity index (χ0v) is 12.0. The van der Waals surface area contributed by atoms with Gasteiger partial charge in [0.1, 0.15) is 6.10 Å². The molecule has 5 nitrogen and oxygen atoms in total. The van der Waals surface area contributed by atoms with Crippen LogP contribution in [0.25, 0.3) is 0 Å². The van der Waals surface area contributed by atoms with Crippen LogP contribution in [0.15, 0.2) is 0 Å². The lowest BCUT2D eigenvalue weighted by atomic mass is 9.87. The molecule has 4 atom stereocenters. The number of carboxylic acid groups (broad SMARTS) is 1. The predicted molar refractivity (Wildman–Crippen MR) is 72.2 cm³/mol. The highest BCUT2D eigenvalue weighted by molar-refractivity contribution is 5.82. The second-order valence-electron chi connectivity index (χ2n) is 6.62. The van der Waals surface area contributed by atoms with Crippen LogP contribution < -0.4 is 0 Å². The molecular formula is C15H23NO4. The molecule has 1 amide bonds. The molecule has 4 unspecified atom stereocenters. The highest BCUT2D eigenvalue weighted by Gasteiger charge is 2.46. The average molecular weight is 281 g/mol. The summed E-state index contributed by atoms with van der Waals surface area (Å²) in [7, 11) is 0. The topological polar surface area (TPSA) is 66.8 Å². The van der Waals surface area contributed by atoms with Crippen LogP contribution in [0.3, 0.4) is 0 Å². The maximum absolute atomic E-state index is 12.7. The van der Waals surface area contributed by atoms with Gasteiger partial charge in [-0.2, -0.15) is 0 Å². The number of ether oxygens (including phenoxy) is 1. The molecule has 2 bridgehead atoms. The molecule has 20 heavy (non-hydrogen) atoms. The molecule has 0 aliphatic carbocycles. The van der Waals surface area contributed by atoms with Crippen LogP contribution in [0.2, 0.25) is 0 Å². The van der Waals surface area contributed by atoms with Crippen LogP contribution in [0.1, 0.15) is 45.4 Å². The van der Waals surface area contributed by atoms with Gasteiger partial charge < -0.3 is 14.7 Å². The van der Waals surface area contributed by atoms with Gasteiger partial charge in [-0.15, -0.1) is 0 Å². The van der Waals surface area contributed by atoms with E-state index in [1.165, 1.54) is 0 Å². The van der Waals surface area contributed by atoms with E-state index in [2.05, 4.69) is 6.92 Å². The van der Waals surface area contributed by atoms with Crippen molar-refractivity contribution in [3.8, 4) is 0 Å². The van der Waals surface area contributed by atoms with Crippen molar-refractivity contribution < 1.29 is 19.4 Å². The second-order valence-corrected chi connectivity index (χ2v) is 6.62. The fraction of sp³-hybridized carbons (Fsp3) is 0.867. The molecular weight excluding hydrogens is 258 g/mol. The Morgan fingerprint density at radius 3 is 2.35 bits per heavy atom. The summed E-state index contributed by atoms with van der Waals surface area (Å²) in [5.41, 5.74) is 0. The first-order valence-corrected chi connectivity index (χ1v) is 7.72. The number of aliphatic carboxylic acids is 1. The number of fused-ring (bicyclic) bond motifs is 2. The Balaban J connectivity index is 1.67. The van der Waals surface area contributed by atoms with Gasteiger partial charge in [0.25, 0.3) is 5.91 Å². The number of carboxylic acids is 1. The van der Waals surface area contributed by atoms with Crippen molar-refractivity contribution in [1.82, 2.24) is 4.90 Å². The van der Waals surface area contributed by atoms with Gasteiger partial charge in [-0.3, -0.25) is 9.59 Å². The lowest BCUT2D eigenvalue weighted by molar-refractivity contribution is -0.148. The van der Waals surface area contributed by atoms with Crippen LogP contribution >= 0.6 is 0 Å². The van der Waals surface area contributed by atoms with E-state index in [-0.39, 0.29) is 36.4 Å². The highest BCUT2D eigenvalue weighted by Crippen LogP contribution is 2.41. The molecule has 0 saturated carbocycles. The lowest BCUT2D eigenvalue weighted by Gasteiger charge is -2.40. The van der Waals surface area contributed by atoms with Crippen LogP contribution in [0.4, 0.5) is 0 Å². The Morgan fingerprint density at radius 1 is 1.20 bits per heavy atom. The number of rotatable bonds is 3. The average Bonchev–Trinajstić information content (AvgIpc) is 2.90. The van der Waals surface area contributed by atoms with Gasteiger partial charge in [0.15, 0.2) is 0 Å². The molecule has 3 saturated heterocycles. The Labute approximate surface area is 119 Å². The quantitative estimate of drug-likeness (QED) is 0.854. The van der Waals surface area contributed by atoms with Crippen molar-refractivity contribution >= 4 is 11.9 Å². The Bertz CT molecular complexity index is 397. The summed E-state index contributed by atoms with van der Waals surface area (Å²) in [5.74, 6) is -0.0344. The Kier molecular flexibility index (Phi) is 3.71. The number of hydrogen-bond donors (Lipinski definition) is 1. The smallest absolute Gasteiger partial charge is 0.303 e. The van der Waals surface area contributed by atoms with E-state index in [0.717, 1.165) is 32.1 Å². The zero-order chi connectivity index (χ0) is 14.3. The minimum absolute atomic E-state index is 0.149. The van der Waals surface area contributed by atoms with E-state index < -0.39 is 5.97 Å². The van der Waals surface area contributed by atoms with Crippen molar-refractivity contribution in [2.75, 3.05) is 6.61 Å². The summed E-state index contributed by atoms with van der Waals surface area (Å²) < 4.78 is 5.61. The molecule has 0 radical (unpaired) electrons. The van der Waals surface area contributed by atoms with Gasteiger partial charge in [-0.05, 0) is 43.9 Å². The largest absolute Gasteiger partial charge is 0.481 e. The van der Waals surface area contributed by atoms with Gasteiger partial charge in [0, 0.05) is 25.1 Å². The SMILES string of the molecule is CC1CCOC1C(=O)N1C2CCC1CC(CC(=O)O)C2. The molecule has 3 fully saturated rings. The lowest BCUT2D eigenvalue weighted by Crippen LogP contribution is -2.51. The van der Waals surface area contributed by atoms with Crippen LogP contribution in [-0.2, 0) is 14.3 Å². The third-order valence-electron chi connectivity index (χ3n) is 5.18. The van der Waals surface area contributed by atoms with Crippen molar-refractivity contribution in [2.24, 2.45) is 11.8 Å². The molecule has 0 aromatic rings. The maximum Gasteiger partial charge on any atom is 0.303 e. The van der Waals surface area contributed by atoms with E-state index in [4.69, 9.17) is 9.84 Å². The Hall–Kier alpha value is -1.10. The van der Waals surface area contributed by atoms with Crippen LogP contribution in [0.5, 0.6) is 0 Å². The van der Waals surface area contributed by atoms with Crippen LogP contribution in [0, 0.1) is 11.8 Å². The van der Waals surface area contributed by atoms with Crippen molar-refractivity contribution in [3.05, 3.63) is 0 Å². The van der Waals surface area contributed by atoms with Gasteiger partial charge in [-0.25, -0.2) is 0 Å². The van der Waals surface area contributed by atoms with Gasteiger partial charge in [0.05, 0.1) is 0 Å². The number of piperidine rings is 1. The standard InChI is InChI=1S/C15H23NO4/c1-9-4-5-20-14(9)15(19)16-11-2-3-12(16)7-10(6-11)8-13(17)18/h9-12,14H,2-8H2,1H3,(H,17,18). The number of hydrogen-bond acceptors (Lipinski definition) is 3. The number of carbonyl (C=O) groups excluding carboxylic acids is 1. The third-order valence-corrected chi connectivity index (χ3v) is 5.18. The molecule has 0 aromatic heterocycles. The molecule has 0 spiro atoms. The van der Waals surface area contributed by atoms with E-state index in [9.17, 15) is 9.59 Å². The molecule has 3 rings (SSSR count).